The average Bonchev–Trinajstić information content (AvgIpc) is 2.91. The molecule has 0 spiro atoms. The molecule has 1 aromatic rings. The number of ketones is 2. The van der Waals surface area contributed by atoms with Crippen LogP contribution in [0, 0.1) is 11.8 Å². The Hall–Kier alpha value is -2.86. The van der Waals surface area contributed by atoms with Gasteiger partial charge in [-0.2, -0.15) is 0 Å². The standard InChI is InChI=1S/C26H37BrFN5O5/c27-19-10-8-17(9-11-19)24(37)33-23(16-5-2-1-3-6-16)25(38)32-20(15-34)21(35)13-18(22(36)14-28)7-4-12-31-26(29)30/h8-11,16,18,20,23,34H,1-7,12-15H2,(H,32,38)(H,33,37)(H4,29,30,31)/t18-,20+,23+/m1/s1. The molecule has 0 bridgehead atoms. The lowest BCUT2D eigenvalue weighted by molar-refractivity contribution is -0.133. The molecule has 1 aromatic carbocycles. The summed E-state index contributed by atoms with van der Waals surface area (Å²) in [4.78, 5) is 55.1. The zero-order valence-electron chi connectivity index (χ0n) is 21.3. The highest BCUT2D eigenvalue weighted by Gasteiger charge is 2.34. The van der Waals surface area contributed by atoms with Gasteiger partial charge in [0.25, 0.3) is 5.91 Å². The van der Waals surface area contributed by atoms with E-state index < -0.39 is 54.7 Å². The number of hydrogen-bond donors (Lipinski definition) is 5. The van der Waals surface area contributed by atoms with Crippen LogP contribution in [-0.4, -0.2) is 66.4 Å². The van der Waals surface area contributed by atoms with Crippen molar-refractivity contribution in [1.29, 1.82) is 0 Å². The lowest BCUT2D eigenvalue weighted by Gasteiger charge is -2.31. The first-order valence-electron chi connectivity index (χ1n) is 12.8. The maximum Gasteiger partial charge on any atom is 0.251 e. The Bertz CT molecular complexity index is 981. The monoisotopic (exact) mass is 597 g/mol. The van der Waals surface area contributed by atoms with Crippen LogP contribution in [0.4, 0.5) is 4.39 Å². The molecule has 0 radical (unpaired) electrons. The summed E-state index contributed by atoms with van der Waals surface area (Å²) in [5.41, 5.74) is 10.9. The molecule has 0 aromatic heterocycles. The SMILES string of the molecule is NC(N)=NCCC[C@H](CC(=O)[C@H](CO)NC(=O)[C@@H](NC(=O)c1ccc(Br)cc1)C1CCCCC1)C(=O)CF. The second kappa shape index (κ2) is 16.2. The van der Waals surface area contributed by atoms with E-state index in [4.69, 9.17) is 11.5 Å². The van der Waals surface area contributed by atoms with Crippen LogP contribution >= 0.6 is 15.9 Å². The fourth-order valence-electron chi connectivity index (χ4n) is 4.60. The number of aliphatic imine (C=N–C) groups is 1. The van der Waals surface area contributed by atoms with Gasteiger partial charge in [-0.15, -0.1) is 0 Å². The van der Waals surface area contributed by atoms with Crippen molar-refractivity contribution >= 4 is 45.3 Å². The molecule has 1 fully saturated rings. The van der Waals surface area contributed by atoms with Crippen molar-refractivity contribution in [1.82, 2.24) is 10.6 Å². The summed E-state index contributed by atoms with van der Waals surface area (Å²) < 4.78 is 13.9. The van der Waals surface area contributed by atoms with Crippen molar-refractivity contribution in [2.45, 2.75) is 63.5 Å². The van der Waals surface area contributed by atoms with Crippen molar-refractivity contribution in [3.05, 3.63) is 34.3 Å². The minimum atomic E-state index is -1.30. The zero-order valence-corrected chi connectivity index (χ0v) is 22.9. The van der Waals surface area contributed by atoms with Gasteiger partial charge in [0.2, 0.25) is 5.91 Å². The number of halogens is 2. The molecule has 210 valence electrons. The van der Waals surface area contributed by atoms with Crippen LogP contribution < -0.4 is 22.1 Å². The minimum absolute atomic E-state index is 0.114. The Morgan fingerprint density at radius 3 is 2.29 bits per heavy atom. The summed E-state index contributed by atoms with van der Waals surface area (Å²) in [6.45, 7) is -1.72. The minimum Gasteiger partial charge on any atom is -0.394 e. The number of aliphatic hydroxyl groups is 1. The number of nitrogens with one attached hydrogen (secondary N) is 2. The highest BCUT2D eigenvalue weighted by Crippen LogP contribution is 2.27. The molecule has 3 atom stereocenters. The first kappa shape index (κ1) is 31.4. The summed E-state index contributed by atoms with van der Waals surface area (Å²) in [5, 5.41) is 15.2. The number of aliphatic hydroxyl groups excluding tert-OH is 1. The molecule has 1 aliphatic carbocycles. The van der Waals surface area contributed by atoms with Crippen molar-refractivity contribution in [2.24, 2.45) is 28.3 Å². The van der Waals surface area contributed by atoms with Gasteiger partial charge in [0.15, 0.2) is 17.5 Å². The van der Waals surface area contributed by atoms with Gasteiger partial charge < -0.3 is 27.2 Å². The van der Waals surface area contributed by atoms with Gasteiger partial charge in [-0.3, -0.25) is 24.2 Å². The van der Waals surface area contributed by atoms with E-state index in [2.05, 4.69) is 31.6 Å². The van der Waals surface area contributed by atoms with E-state index in [1.54, 1.807) is 24.3 Å². The molecule has 7 N–H and O–H groups in total. The Kier molecular flexibility index (Phi) is 13.4. The molecular weight excluding hydrogens is 561 g/mol. The van der Waals surface area contributed by atoms with Gasteiger partial charge in [-0.1, -0.05) is 35.2 Å². The van der Waals surface area contributed by atoms with E-state index in [0.717, 1.165) is 36.6 Å². The Labute approximate surface area is 230 Å². The van der Waals surface area contributed by atoms with E-state index in [1.807, 2.05) is 0 Å². The third-order valence-electron chi connectivity index (χ3n) is 6.72. The molecule has 0 heterocycles. The zero-order chi connectivity index (χ0) is 28.1. The number of carbonyl (C=O) groups excluding carboxylic acids is 4. The van der Waals surface area contributed by atoms with Crippen molar-refractivity contribution in [2.75, 3.05) is 19.8 Å². The molecule has 0 unspecified atom stereocenters. The highest BCUT2D eigenvalue weighted by molar-refractivity contribution is 9.10. The predicted octanol–water partition coefficient (Wildman–Crippen LogP) is 1.77. The number of carbonyl (C=O) groups is 4. The maximum atomic E-state index is 13.3. The van der Waals surface area contributed by atoms with Crippen LogP contribution in [0.3, 0.4) is 0 Å². The molecule has 1 saturated carbocycles. The van der Waals surface area contributed by atoms with E-state index in [-0.39, 0.29) is 31.3 Å². The van der Waals surface area contributed by atoms with Crippen LogP contribution in [-0.2, 0) is 14.4 Å². The van der Waals surface area contributed by atoms with E-state index in [0.29, 0.717) is 12.0 Å². The van der Waals surface area contributed by atoms with Gasteiger partial charge in [0.1, 0.15) is 18.8 Å². The molecule has 2 amide bonds. The molecule has 2 rings (SSSR count). The van der Waals surface area contributed by atoms with Gasteiger partial charge in [-0.05, 0) is 55.9 Å². The van der Waals surface area contributed by atoms with Gasteiger partial charge in [0, 0.05) is 28.9 Å². The van der Waals surface area contributed by atoms with Gasteiger partial charge in [-0.25, -0.2) is 4.39 Å². The average molecular weight is 599 g/mol. The number of nitrogens with zero attached hydrogens (tertiary/aromatic N) is 1. The summed E-state index contributed by atoms with van der Waals surface area (Å²) in [6.07, 6.45) is 4.51. The third kappa shape index (κ3) is 10.1. The number of amides is 2. The lowest BCUT2D eigenvalue weighted by Crippen LogP contribution is -2.55. The molecule has 10 nitrogen and oxygen atoms in total. The number of Topliss-reactive ketones (excluding diaryl/α,β-unsaturated/α-hetero) is 2. The first-order chi connectivity index (χ1) is 18.2. The second-order valence-corrected chi connectivity index (χ2v) is 10.4. The molecule has 0 saturated heterocycles. The van der Waals surface area contributed by atoms with Crippen LogP contribution in [0.15, 0.2) is 33.7 Å². The lowest BCUT2D eigenvalue weighted by atomic mass is 9.83. The largest absolute Gasteiger partial charge is 0.394 e. The molecule has 38 heavy (non-hydrogen) atoms. The van der Waals surface area contributed by atoms with Crippen molar-refractivity contribution < 1.29 is 28.7 Å². The Morgan fingerprint density at radius 1 is 1.05 bits per heavy atom. The summed E-state index contributed by atoms with van der Waals surface area (Å²) >= 11 is 3.32. The van der Waals surface area contributed by atoms with Crippen LogP contribution in [0.1, 0.15) is 61.7 Å². The van der Waals surface area contributed by atoms with Crippen molar-refractivity contribution in [3.63, 3.8) is 0 Å². The number of guanidine groups is 1. The number of alkyl halides is 1. The van der Waals surface area contributed by atoms with E-state index in [9.17, 15) is 28.7 Å². The predicted molar refractivity (Wildman–Crippen MR) is 145 cm³/mol. The highest BCUT2D eigenvalue weighted by atomic mass is 79.9. The second-order valence-electron chi connectivity index (χ2n) is 9.52. The quantitative estimate of drug-likeness (QED) is 0.116. The maximum absolute atomic E-state index is 13.3. The molecule has 0 aliphatic heterocycles. The molecule has 12 heteroatoms. The fourth-order valence-corrected chi connectivity index (χ4v) is 4.86. The topological polar surface area (TPSA) is 177 Å². The summed E-state index contributed by atoms with van der Waals surface area (Å²) in [5.74, 6) is -3.53. The smallest absolute Gasteiger partial charge is 0.251 e. The van der Waals surface area contributed by atoms with E-state index >= 15 is 0 Å². The number of hydrogen-bond acceptors (Lipinski definition) is 6. The summed E-state index contributed by atoms with van der Waals surface area (Å²) in [6, 6.07) is 4.49. The van der Waals surface area contributed by atoms with Crippen LogP contribution in [0.25, 0.3) is 0 Å². The van der Waals surface area contributed by atoms with Gasteiger partial charge >= 0.3 is 0 Å². The first-order valence-corrected chi connectivity index (χ1v) is 13.6. The van der Waals surface area contributed by atoms with Gasteiger partial charge in [0.05, 0.1) is 6.61 Å². The van der Waals surface area contributed by atoms with Crippen molar-refractivity contribution in [3.8, 4) is 0 Å². The van der Waals surface area contributed by atoms with Crippen LogP contribution in [0.2, 0.25) is 0 Å². The number of rotatable bonds is 15. The Balaban J connectivity index is 2.10. The van der Waals surface area contributed by atoms with E-state index in [1.165, 1.54) is 0 Å². The molecular formula is C26H37BrFN5O5. The Morgan fingerprint density at radius 2 is 1.71 bits per heavy atom. The third-order valence-corrected chi connectivity index (χ3v) is 7.25. The van der Waals surface area contributed by atoms with Crippen LogP contribution in [0.5, 0.6) is 0 Å². The fraction of sp³-hybridized carbons (Fsp3) is 0.577. The normalized spacial score (nSPS) is 16.1. The number of benzene rings is 1. The summed E-state index contributed by atoms with van der Waals surface area (Å²) in [7, 11) is 0. The number of nitrogens with two attached hydrogens (primary N) is 2. The molecule has 1 aliphatic rings.